The maximum Gasteiger partial charge on any atom is 0.417 e. The largest absolute Gasteiger partial charge is 0.493 e. The van der Waals surface area contributed by atoms with E-state index in [0.717, 1.165) is 12.1 Å². The molecule has 1 atom stereocenters. The number of rotatable bonds is 6. The fourth-order valence-corrected chi connectivity index (χ4v) is 3.68. The Kier molecular flexibility index (Phi) is 7.10. The molecule has 0 aliphatic heterocycles. The second kappa shape index (κ2) is 9.67. The highest BCUT2D eigenvalue weighted by Crippen LogP contribution is 2.36. The highest BCUT2D eigenvalue weighted by Gasteiger charge is 2.33. The van der Waals surface area contributed by atoms with Gasteiger partial charge in [0, 0.05) is 36.1 Å². The minimum Gasteiger partial charge on any atom is -0.493 e. The molecule has 1 unspecified atom stereocenters. The summed E-state index contributed by atoms with van der Waals surface area (Å²) in [5.41, 5.74) is -1.54. The number of amides is 1. The molecule has 0 aliphatic carbocycles. The summed E-state index contributed by atoms with van der Waals surface area (Å²) in [5, 5.41) is 2.45. The highest BCUT2D eigenvalue weighted by atomic mass is 32.2. The number of carbonyl (C=O) groups excluding carboxylic acids is 1. The van der Waals surface area contributed by atoms with Crippen molar-refractivity contribution in [3.8, 4) is 17.4 Å². The highest BCUT2D eigenvalue weighted by molar-refractivity contribution is 7.93. The minimum absolute atomic E-state index is 0.0539. The molecule has 0 saturated carbocycles. The van der Waals surface area contributed by atoms with Gasteiger partial charge >= 0.3 is 6.18 Å². The summed E-state index contributed by atoms with van der Waals surface area (Å²) >= 11 is 0. The first kappa shape index (κ1) is 25.0. The molecule has 1 heterocycles. The van der Waals surface area contributed by atoms with Crippen LogP contribution in [0.3, 0.4) is 0 Å². The fraction of sp³-hybridized carbons (Fsp3) is 0.182. The minimum atomic E-state index is -4.77. The number of methoxy groups -OCH3 is 1. The molecule has 0 bridgehead atoms. The molecule has 2 aromatic carbocycles. The molecule has 0 radical (unpaired) electrons. The number of pyridine rings is 1. The van der Waals surface area contributed by atoms with Crippen LogP contribution in [0.5, 0.6) is 17.4 Å². The third-order valence-corrected chi connectivity index (χ3v) is 6.46. The van der Waals surface area contributed by atoms with Gasteiger partial charge in [0.1, 0.15) is 11.4 Å². The topological polar surface area (TPSA) is 89.9 Å². The van der Waals surface area contributed by atoms with Gasteiger partial charge < -0.3 is 14.8 Å². The molecule has 0 spiro atoms. The lowest BCUT2D eigenvalue weighted by molar-refractivity contribution is -0.137. The molecule has 3 aromatic rings. The van der Waals surface area contributed by atoms with Crippen LogP contribution in [0.15, 0.2) is 64.0 Å². The van der Waals surface area contributed by atoms with Gasteiger partial charge in [-0.3, -0.25) is 4.79 Å². The Morgan fingerprint density at radius 2 is 1.85 bits per heavy atom. The third kappa shape index (κ3) is 5.63. The van der Waals surface area contributed by atoms with Crippen LogP contribution in [0.2, 0.25) is 0 Å². The number of benzene rings is 2. The Morgan fingerprint density at radius 3 is 2.50 bits per heavy atom. The monoisotopic (exact) mass is 497 g/mol. The maximum absolute atomic E-state index is 13.5. The lowest BCUT2D eigenvalue weighted by atomic mass is 10.1. The Morgan fingerprint density at radius 1 is 1.12 bits per heavy atom. The van der Waals surface area contributed by atoms with Gasteiger partial charge in [-0.2, -0.15) is 13.2 Å². The zero-order valence-corrected chi connectivity index (χ0v) is 19.0. The molecule has 0 aliphatic rings. The van der Waals surface area contributed by atoms with E-state index < -0.39 is 44.6 Å². The van der Waals surface area contributed by atoms with Crippen molar-refractivity contribution in [3.63, 3.8) is 0 Å². The summed E-state index contributed by atoms with van der Waals surface area (Å²) in [4.78, 5) is 16.9. The van der Waals surface area contributed by atoms with Crippen molar-refractivity contribution in [3.05, 3.63) is 71.7 Å². The van der Waals surface area contributed by atoms with Gasteiger partial charge in [-0.1, -0.05) is 6.07 Å². The van der Waals surface area contributed by atoms with E-state index in [4.69, 9.17) is 9.47 Å². The van der Waals surface area contributed by atoms with Crippen molar-refractivity contribution >= 4 is 21.3 Å². The molecule has 180 valence electrons. The standard InChI is InChI=1S/C22H19F4N3O4S/c1-27-34(3,31)16-6-4-5-15(11-16)29-20(30)17-9-13(22(24,25)26)12-28-21(17)33-18-8-7-14(23)10-19(18)32-2/h4-12H,1-3H3,(H,29,30). The van der Waals surface area contributed by atoms with Crippen molar-refractivity contribution < 1.29 is 36.0 Å². The summed E-state index contributed by atoms with van der Waals surface area (Å²) in [6, 6.07) is 9.76. The van der Waals surface area contributed by atoms with Crippen molar-refractivity contribution in [2.24, 2.45) is 4.36 Å². The Balaban J connectivity index is 2.03. The zero-order chi connectivity index (χ0) is 25.1. The first-order chi connectivity index (χ1) is 15.9. The number of ether oxygens (including phenoxy) is 2. The van der Waals surface area contributed by atoms with Crippen LogP contribution in [0.4, 0.5) is 23.2 Å². The van der Waals surface area contributed by atoms with Crippen LogP contribution in [-0.4, -0.2) is 35.5 Å². The van der Waals surface area contributed by atoms with Crippen molar-refractivity contribution in [2.75, 3.05) is 25.7 Å². The molecule has 1 aromatic heterocycles. The Bertz CT molecular complexity index is 1350. The van der Waals surface area contributed by atoms with Crippen molar-refractivity contribution in [1.29, 1.82) is 0 Å². The normalized spacial score (nSPS) is 13.0. The smallest absolute Gasteiger partial charge is 0.417 e. The van der Waals surface area contributed by atoms with E-state index in [2.05, 4.69) is 14.7 Å². The van der Waals surface area contributed by atoms with Gasteiger partial charge in [0.05, 0.1) is 22.4 Å². The summed E-state index contributed by atoms with van der Waals surface area (Å²) in [6.07, 6.45) is -2.85. The molecule has 1 amide bonds. The Labute approximate surface area is 192 Å². The summed E-state index contributed by atoms with van der Waals surface area (Å²) in [7, 11) is -0.0830. The molecule has 7 nitrogen and oxygen atoms in total. The fourth-order valence-electron chi connectivity index (χ4n) is 2.79. The Hall–Kier alpha value is -3.67. The lowest BCUT2D eigenvalue weighted by Crippen LogP contribution is -2.16. The van der Waals surface area contributed by atoms with Crippen LogP contribution in [0.25, 0.3) is 0 Å². The SMILES string of the molecule is CN=S(C)(=O)c1cccc(NC(=O)c2cc(C(F)(F)F)cnc2Oc2ccc(F)cc2OC)c1. The van der Waals surface area contributed by atoms with E-state index in [1.165, 1.54) is 44.7 Å². The number of hydrogen-bond acceptors (Lipinski definition) is 6. The van der Waals surface area contributed by atoms with E-state index in [0.29, 0.717) is 17.2 Å². The summed E-state index contributed by atoms with van der Waals surface area (Å²) in [6.45, 7) is 0. The van der Waals surface area contributed by atoms with Crippen molar-refractivity contribution in [1.82, 2.24) is 4.98 Å². The number of carbonyl (C=O) groups is 1. The van der Waals surface area contributed by atoms with Crippen LogP contribution in [0, 0.1) is 5.82 Å². The van der Waals surface area contributed by atoms with E-state index in [1.807, 2.05) is 0 Å². The molecule has 1 N–H and O–H groups in total. The first-order valence-electron chi connectivity index (χ1n) is 9.55. The maximum atomic E-state index is 13.5. The lowest BCUT2D eigenvalue weighted by Gasteiger charge is -2.15. The van der Waals surface area contributed by atoms with Gasteiger partial charge in [0.15, 0.2) is 11.5 Å². The predicted octanol–water partition coefficient (Wildman–Crippen LogP) is 5.38. The van der Waals surface area contributed by atoms with Gasteiger partial charge in [-0.25, -0.2) is 17.9 Å². The molecule has 0 fully saturated rings. The molecular weight excluding hydrogens is 478 g/mol. The third-order valence-electron chi connectivity index (χ3n) is 4.63. The molecule has 0 saturated heterocycles. The number of aromatic nitrogens is 1. The molecule has 3 rings (SSSR count). The second-order valence-corrected chi connectivity index (χ2v) is 9.38. The van der Waals surface area contributed by atoms with E-state index in [1.54, 1.807) is 6.07 Å². The van der Waals surface area contributed by atoms with Gasteiger partial charge in [0.25, 0.3) is 5.91 Å². The number of alkyl halides is 3. The first-order valence-corrected chi connectivity index (χ1v) is 11.5. The average Bonchev–Trinajstić information content (AvgIpc) is 2.79. The quantitative estimate of drug-likeness (QED) is 0.462. The van der Waals surface area contributed by atoms with Crippen LogP contribution < -0.4 is 14.8 Å². The van der Waals surface area contributed by atoms with Gasteiger partial charge in [0.2, 0.25) is 5.88 Å². The predicted molar refractivity (Wildman–Crippen MR) is 117 cm³/mol. The average molecular weight is 497 g/mol. The zero-order valence-electron chi connectivity index (χ0n) is 18.1. The number of hydrogen-bond donors (Lipinski definition) is 1. The van der Waals surface area contributed by atoms with E-state index in [-0.39, 0.29) is 17.2 Å². The molecular formula is C22H19F4N3O4S. The number of halogens is 4. The van der Waals surface area contributed by atoms with Crippen molar-refractivity contribution in [2.45, 2.75) is 11.1 Å². The number of nitrogens with zero attached hydrogens (tertiary/aromatic N) is 2. The summed E-state index contributed by atoms with van der Waals surface area (Å²) < 4.78 is 80.2. The number of nitrogens with one attached hydrogen (secondary N) is 1. The molecule has 34 heavy (non-hydrogen) atoms. The number of anilines is 1. The second-order valence-electron chi connectivity index (χ2n) is 6.94. The van der Waals surface area contributed by atoms with E-state index in [9.17, 15) is 26.6 Å². The van der Waals surface area contributed by atoms with Crippen LogP contribution >= 0.6 is 0 Å². The van der Waals surface area contributed by atoms with E-state index >= 15 is 0 Å². The van der Waals surface area contributed by atoms with Gasteiger partial charge in [-0.15, -0.1) is 0 Å². The molecule has 12 heteroatoms. The van der Waals surface area contributed by atoms with Crippen LogP contribution in [0.1, 0.15) is 15.9 Å². The van der Waals surface area contributed by atoms with Gasteiger partial charge in [-0.05, 0) is 36.4 Å². The summed E-state index contributed by atoms with van der Waals surface area (Å²) in [5.74, 6) is -2.18. The van der Waals surface area contributed by atoms with Crippen LogP contribution in [-0.2, 0) is 15.9 Å².